The Morgan fingerprint density at radius 2 is 1.71 bits per heavy atom. The summed E-state index contributed by atoms with van der Waals surface area (Å²) in [7, 11) is 0. The Bertz CT molecular complexity index is 417. The average Bonchev–Trinajstić information content (AvgIpc) is 3.25. The molecule has 1 aliphatic carbocycles. The molecule has 3 unspecified atom stereocenters. The first-order chi connectivity index (χ1) is 10.1. The van der Waals surface area contributed by atoms with Gasteiger partial charge < -0.3 is 4.90 Å². The molecule has 0 radical (unpaired) electrons. The van der Waals surface area contributed by atoms with Crippen LogP contribution in [-0.4, -0.2) is 46.9 Å². The van der Waals surface area contributed by atoms with Gasteiger partial charge in [-0.2, -0.15) is 0 Å². The number of allylic oxidation sites excluding steroid dienone is 1. The van der Waals surface area contributed by atoms with Crippen molar-refractivity contribution in [2.24, 2.45) is 5.92 Å². The normalized spacial score (nSPS) is 35.3. The summed E-state index contributed by atoms with van der Waals surface area (Å²) in [5, 5.41) is 0. The van der Waals surface area contributed by atoms with Crippen molar-refractivity contribution in [3.63, 3.8) is 0 Å². The van der Waals surface area contributed by atoms with E-state index in [1.165, 1.54) is 37.7 Å². The second-order valence-electron chi connectivity index (χ2n) is 7.47. The molecule has 0 aromatic heterocycles. The first-order valence-corrected chi connectivity index (χ1v) is 8.80. The second kappa shape index (κ2) is 6.12. The van der Waals surface area contributed by atoms with Crippen molar-refractivity contribution in [2.75, 3.05) is 13.1 Å². The van der Waals surface area contributed by atoms with Gasteiger partial charge in [0.2, 0.25) is 5.91 Å². The van der Waals surface area contributed by atoms with Crippen LogP contribution >= 0.6 is 0 Å². The van der Waals surface area contributed by atoms with Gasteiger partial charge in [-0.3, -0.25) is 9.69 Å². The van der Waals surface area contributed by atoms with Crippen molar-refractivity contribution in [3.05, 3.63) is 11.6 Å². The minimum atomic E-state index is 0.253. The van der Waals surface area contributed by atoms with Gasteiger partial charge in [-0.25, -0.2) is 0 Å². The lowest BCUT2D eigenvalue weighted by atomic mass is 10.0. The topological polar surface area (TPSA) is 23.6 Å². The van der Waals surface area contributed by atoms with Gasteiger partial charge in [-0.05, 0) is 65.2 Å². The lowest BCUT2D eigenvalue weighted by molar-refractivity contribution is -0.128. The molecule has 0 aromatic carbocycles. The van der Waals surface area contributed by atoms with Crippen molar-refractivity contribution in [3.8, 4) is 0 Å². The smallest absolute Gasteiger partial charge is 0.246 e. The molecule has 3 rings (SSSR count). The minimum Gasteiger partial charge on any atom is -0.338 e. The van der Waals surface area contributed by atoms with Crippen molar-refractivity contribution in [2.45, 2.75) is 77.4 Å². The zero-order valence-corrected chi connectivity index (χ0v) is 13.8. The van der Waals surface area contributed by atoms with E-state index in [4.69, 9.17) is 0 Å². The molecule has 0 aromatic rings. The standard InChI is InChI=1S/C18H30N2O/c1-13(16-8-9-16)11-18(21)19-10-4-5-17(12-19)20-14(2)6-7-15(20)3/h11,14-17H,4-10,12H2,1-3H3/b13-11+. The van der Waals surface area contributed by atoms with Gasteiger partial charge in [0.25, 0.3) is 0 Å². The summed E-state index contributed by atoms with van der Waals surface area (Å²) >= 11 is 0. The number of hydrogen-bond donors (Lipinski definition) is 0. The van der Waals surface area contributed by atoms with Crippen LogP contribution in [0, 0.1) is 5.92 Å². The summed E-state index contributed by atoms with van der Waals surface area (Å²) < 4.78 is 0. The van der Waals surface area contributed by atoms with Crippen LogP contribution in [-0.2, 0) is 4.79 Å². The first kappa shape index (κ1) is 15.1. The average molecular weight is 290 g/mol. The van der Waals surface area contributed by atoms with Crippen LogP contribution in [0.4, 0.5) is 0 Å². The Hall–Kier alpha value is -0.830. The van der Waals surface area contributed by atoms with Gasteiger partial charge in [0, 0.05) is 37.3 Å². The highest BCUT2D eigenvalue weighted by atomic mass is 16.2. The number of carbonyl (C=O) groups excluding carboxylic acids is 1. The van der Waals surface area contributed by atoms with Gasteiger partial charge in [0.1, 0.15) is 0 Å². The summed E-state index contributed by atoms with van der Waals surface area (Å²) in [5.41, 5.74) is 1.30. The van der Waals surface area contributed by atoms with Crippen LogP contribution in [0.3, 0.4) is 0 Å². The van der Waals surface area contributed by atoms with E-state index in [1.54, 1.807) is 0 Å². The molecule has 2 heterocycles. The number of carbonyl (C=O) groups is 1. The van der Waals surface area contributed by atoms with Crippen LogP contribution in [0.2, 0.25) is 0 Å². The number of rotatable bonds is 3. The molecule has 3 nitrogen and oxygen atoms in total. The van der Waals surface area contributed by atoms with Crippen molar-refractivity contribution in [1.82, 2.24) is 9.80 Å². The highest BCUT2D eigenvalue weighted by Gasteiger charge is 2.36. The summed E-state index contributed by atoms with van der Waals surface area (Å²) in [4.78, 5) is 17.3. The summed E-state index contributed by atoms with van der Waals surface area (Å²) in [6.45, 7) is 8.70. The minimum absolute atomic E-state index is 0.253. The zero-order chi connectivity index (χ0) is 15.0. The molecule has 2 saturated heterocycles. The lowest BCUT2D eigenvalue weighted by Crippen LogP contribution is -2.52. The van der Waals surface area contributed by atoms with Gasteiger partial charge in [-0.1, -0.05) is 5.57 Å². The summed E-state index contributed by atoms with van der Waals surface area (Å²) in [6.07, 6.45) is 9.50. The summed E-state index contributed by atoms with van der Waals surface area (Å²) in [6, 6.07) is 1.94. The molecule has 1 amide bonds. The second-order valence-corrected chi connectivity index (χ2v) is 7.47. The van der Waals surface area contributed by atoms with Crippen molar-refractivity contribution >= 4 is 5.91 Å². The molecule has 0 bridgehead atoms. The van der Waals surface area contributed by atoms with Crippen molar-refractivity contribution in [1.29, 1.82) is 0 Å². The molecule has 0 N–H and O–H groups in total. The molecule has 0 spiro atoms. The molecular weight excluding hydrogens is 260 g/mol. The number of piperidine rings is 1. The SMILES string of the molecule is C/C(=C\C(=O)N1CCCC(N2C(C)CCC2C)C1)C1CC1. The Labute approximate surface area is 129 Å². The Balaban J connectivity index is 1.62. The lowest BCUT2D eigenvalue weighted by Gasteiger charge is -2.41. The van der Waals surface area contributed by atoms with Crippen LogP contribution in [0.15, 0.2) is 11.6 Å². The predicted octanol–water partition coefficient (Wildman–Crippen LogP) is 3.21. The molecule has 21 heavy (non-hydrogen) atoms. The Morgan fingerprint density at radius 1 is 1.05 bits per heavy atom. The fourth-order valence-corrected chi connectivity index (χ4v) is 4.28. The number of nitrogens with zero attached hydrogens (tertiary/aromatic N) is 2. The monoisotopic (exact) mass is 290 g/mol. The van der Waals surface area contributed by atoms with Gasteiger partial charge in [0.05, 0.1) is 0 Å². The number of likely N-dealkylation sites (tertiary alicyclic amines) is 2. The molecule has 118 valence electrons. The Kier molecular flexibility index (Phi) is 4.39. The van der Waals surface area contributed by atoms with Crippen LogP contribution in [0.1, 0.15) is 59.3 Å². The molecule has 3 aliphatic rings. The number of amides is 1. The Morgan fingerprint density at radius 3 is 2.33 bits per heavy atom. The largest absolute Gasteiger partial charge is 0.338 e. The van der Waals surface area contributed by atoms with E-state index in [2.05, 4.69) is 30.6 Å². The molecular formula is C18H30N2O. The first-order valence-electron chi connectivity index (χ1n) is 8.80. The van der Waals surface area contributed by atoms with E-state index in [0.717, 1.165) is 19.5 Å². The van der Waals surface area contributed by atoms with Crippen LogP contribution in [0.25, 0.3) is 0 Å². The number of hydrogen-bond acceptors (Lipinski definition) is 2. The molecule has 3 heteroatoms. The van der Waals surface area contributed by atoms with Crippen LogP contribution in [0.5, 0.6) is 0 Å². The molecule has 2 aliphatic heterocycles. The van der Waals surface area contributed by atoms with Gasteiger partial charge >= 0.3 is 0 Å². The quantitative estimate of drug-likeness (QED) is 0.745. The van der Waals surface area contributed by atoms with E-state index in [-0.39, 0.29) is 5.91 Å². The fraction of sp³-hybridized carbons (Fsp3) is 0.833. The fourth-order valence-electron chi connectivity index (χ4n) is 4.28. The maximum atomic E-state index is 12.5. The third-order valence-electron chi connectivity index (χ3n) is 5.72. The summed E-state index contributed by atoms with van der Waals surface area (Å²) in [5.74, 6) is 0.955. The van der Waals surface area contributed by atoms with E-state index >= 15 is 0 Å². The van der Waals surface area contributed by atoms with Crippen LogP contribution < -0.4 is 0 Å². The third-order valence-corrected chi connectivity index (χ3v) is 5.72. The van der Waals surface area contributed by atoms with E-state index in [1.807, 2.05) is 6.08 Å². The van der Waals surface area contributed by atoms with Gasteiger partial charge in [0.15, 0.2) is 0 Å². The molecule has 3 fully saturated rings. The molecule has 1 saturated carbocycles. The highest BCUT2D eigenvalue weighted by Crippen LogP contribution is 2.36. The molecule has 3 atom stereocenters. The van der Waals surface area contributed by atoms with Gasteiger partial charge in [-0.15, -0.1) is 0 Å². The van der Waals surface area contributed by atoms with Crippen molar-refractivity contribution < 1.29 is 4.79 Å². The third kappa shape index (κ3) is 3.33. The zero-order valence-electron chi connectivity index (χ0n) is 13.8. The maximum absolute atomic E-state index is 12.5. The van der Waals surface area contributed by atoms with E-state index < -0.39 is 0 Å². The highest BCUT2D eigenvalue weighted by molar-refractivity contribution is 5.88. The van der Waals surface area contributed by atoms with E-state index in [9.17, 15) is 4.79 Å². The van der Waals surface area contributed by atoms with E-state index in [0.29, 0.717) is 24.0 Å². The maximum Gasteiger partial charge on any atom is 0.246 e. The predicted molar refractivity (Wildman–Crippen MR) is 86.1 cm³/mol.